The van der Waals surface area contributed by atoms with Gasteiger partial charge < -0.3 is 4.74 Å². The van der Waals surface area contributed by atoms with Crippen molar-refractivity contribution in [2.45, 2.75) is 0 Å². The zero-order chi connectivity index (χ0) is 12.1. The zero-order valence-electron chi connectivity index (χ0n) is 9.56. The van der Waals surface area contributed by atoms with Crippen LogP contribution in [0, 0.1) is 0 Å². The Bertz CT molecular complexity index is 497. The summed E-state index contributed by atoms with van der Waals surface area (Å²) in [5.41, 5.74) is 2.27. The largest absolute Gasteiger partial charge is 0.497 e. The molecule has 2 rings (SSSR count). The average Bonchev–Trinajstić information content (AvgIpc) is 2.39. The van der Waals surface area contributed by atoms with Crippen LogP contribution in [-0.4, -0.2) is 7.11 Å². The summed E-state index contributed by atoms with van der Waals surface area (Å²) >= 11 is 5.82. The van der Waals surface area contributed by atoms with E-state index >= 15 is 0 Å². The number of hydrogen-bond acceptors (Lipinski definition) is 1. The van der Waals surface area contributed by atoms with Crippen LogP contribution >= 0.6 is 11.6 Å². The fourth-order valence-corrected chi connectivity index (χ4v) is 1.61. The molecule has 86 valence electrons. The Morgan fingerprint density at radius 2 is 1.29 bits per heavy atom. The molecule has 0 aromatic heterocycles. The quantitative estimate of drug-likeness (QED) is 0.722. The minimum absolute atomic E-state index is 0.756. The number of ether oxygens (including phenoxy) is 1. The van der Waals surface area contributed by atoms with Crippen LogP contribution in [0.15, 0.2) is 48.5 Å². The van der Waals surface area contributed by atoms with Gasteiger partial charge in [-0.15, -0.1) is 0 Å². The highest BCUT2D eigenvalue weighted by molar-refractivity contribution is 6.30. The molecule has 0 saturated carbocycles. The average molecular weight is 245 g/mol. The molecule has 1 nitrogen and oxygen atoms in total. The topological polar surface area (TPSA) is 9.23 Å². The first-order valence-corrected chi connectivity index (χ1v) is 5.73. The summed E-state index contributed by atoms with van der Waals surface area (Å²) in [6.07, 6.45) is 4.11. The Kier molecular flexibility index (Phi) is 3.84. The number of rotatable bonds is 3. The maximum atomic E-state index is 5.82. The third kappa shape index (κ3) is 3.36. The van der Waals surface area contributed by atoms with Crippen molar-refractivity contribution in [1.82, 2.24) is 0 Å². The summed E-state index contributed by atoms with van der Waals surface area (Å²) in [6.45, 7) is 0. The maximum absolute atomic E-state index is 5.82. The van der Waals surface area contributed by atoms with Crippen molar-refractivity contribution in [3.63, 3.8) is 0 Å². The van der Waals surface area contributed by atoms with Crippen molar-refractivity contribution in [2.75, 3.05) is 7.11 Å². The molecule has 0 saturated heterocycles. The minimum atomic E-state index is 0.756. The third-order valence-electron chi connectivity index (χ3n) is 2.45. The summed E-state index contributed by atoms with van der Waals surface area (Å²) in [6, 6.07) is 15.7. The van der Waals surface area contributed by atoms with Crippen LogP contribution in [0.1, 0.15) is 11.1 Å². The van der Waals surface area contributed by atoms with Gasteiger partial charge in [-0.1, -0.05) is 48.0 Å². The van der Waals surface area contributed by atoms with Gasteiger partial charge >= 0.3 is 0 Å². The summed E-state index contributed by atoms with van der Waals surface area (Å²) in [7, 11) is 1.67. The molecule has 0 fully saturated rings. The van der Waals surface area contributed by atoms with Gasteiger partial charge in [-0.05, 0) is 35.4 Å². The van der Waals surface area contributed by atoms with E-state index in [1.165, 1.54) is 0 Å². The van der Waals surface area contributed by atoms with Crippen LogP contribution in [0.4, 0.5) is 0 Å². The first-order valence-electron chi connectivity index (χ1n) is 5.35. The summed E-state index contributed by atoms with van der Waals surface area (Å²) < 4.78 is 5.11. The van der Waals surface area contributed by atoms with E-state index in [0.29, 0.717) is 0 Å². The number of hydrogen-bond donors (Lipinski definition) is 0. The van der Waals surface area contributed by atoms with E-state index in [1.54, 1.807) is 7.11 Å². The van der Waals surface area contributed by atoms with Crippen LogP contribution in [0.5, 0.6) is 5.75 Å². The molecule has 0 spiro atoms. The molecule has 2 aromatic carbocycles. The third-order valence-corrected chi connectivity index (χ3v) is 2.71. The van der Waals surface area contributed by atoms with Crippen molar-refractivity contribution < 1.29 is 4.74 Å². The predicted octanol–water partition coefficient (Wildman–Crippen LogP) is 4.52. The lowest BCUT2D eigenvalue weighted by atomic mass is 10.1. The van der Waals surface area contributed by atoms with Gasteiger partial charge in [0.1, 0.15) is 5.75 Å². The fraction of sp³-hybridized carbons (Fsp3) is 0.0667. The van der Waals surface area contributed by atoms with E-state index in [0.717, 1.165) is 21.9 Å². The smallest absolute Gasteiger partial charge is 0.118 e. The van der Waals surface area contributed by atoms with Gasteiger partial charge in [0.25, 0.3) is 0 Å². The van der Waals surface area contributed by atoms with Crippen molar-refractivity contribution >= 4 is 23.8 Å². The van der Waals surface area contributed by atoms with Gasteiger partial charge in [0.05, 0.1) is 7.11 Å². The van der Waals surface area contributed by atoms with Gasteiger partial charge in [-0.2, -0.15) is 0 Å². The molecule has 0 aliphatic rings. The fourth-order valence-electron chi connectivity index (χ4n) is 1.48. The second-order valence-electron chi connectivity index (χ2n) is 3.66. The monoisotopic (exact) mass is 244 g/mol. The van der Waals surface area contributed by atoms with Gasteiger partial charge in [-0.3, -0.25) is 0 Å². The minimum Gasteiger partial charge on any atom is -0.497 e. The van der Waals surface area contributed by atoms with Gasteiger partial charge in [-0.25, -0.2) is 0 Å². The SMILES string of the molecule is COc1ccc(C=Cc2ccc(Cl)cc2)cc1. The number of benzene rings is 2. The van der Waals surface area contributed by atoms with Crippen molar-refractivity contribution in [2.24, 2.45) is 0 Å². The normalized spacial score (nSPS) is 10.7. The molecule has 0 aliphatic carbocycles. The first-order chi connectivity index (χ1) is 8.28. The lowest BCUT2D eigenvalue weighted by Crippen LogP contribution is -1.81. The number of halogens is 1. The Morgan fingerprint density at radius 1 is 0.824 bits per heavy atom. The van der Waals surface area contributed by atoms with E-state index in [-0.39, 0.29) is 0 Å². The van der Waals surface area contributed by atoms with E-state index in [9.17, 15) is 0 Å². The number of methoxy groups -OCH3 is 1. The van der Waals surface area contributed by atoms with Crippen LogP contribution in [0.2, 0.25) is 5.02 Å². The Labute approximate surface area is 106 Å². The molecule has 0 bridgehead atoms. The van der Waals surface area contributed by atoms with Crippen molar-refractivity contribution in [3.8, 4) is 5.75 Å². The molecular weight excluding hydrogens is 232 g/mol. The maximum Gasteiger partial charge on any atom is 0.118 e. The molecular formula is C15H13ClO. The molecule has 0 aliphatic heterocycles. The summed E-state index contributed by atoms with van der Waals surface area (Å²) in [5.74, 6) is 0.869. The Morgan fingerprint density at radius 3 is 1.76 bits per heavy atom. The Hall–Kier alpha value is -1.73. The molecule has 0 atom stereocenters. The molecule has 0 unspecified atom stereocenters. The van der Waals surface area contributed by atoms with E-state index in [1.807, 2.05) is 48.5 Å². The summed E-state index contributed by atoms with van der Waals surface area (Å²) in [5, 5.41) is 0.756. The van der Waals surface area contributed by atoms with Crippen LogP contribution in [-0.2, 0) is 0 Å². The molecule has 2 aromatic rings. The second-order valence-corrected chi connectivity index (χ2v) is 4.09. The molecule has 0 amide bonds. The Balaban J connectivity index is 2.11. The molecule has 17 heavy (non-hydrogen) atoms. The first kappa shape index (κ1) is 11.7. The van der Waals surface area contributed by atoms with Crippen LogP contribution in [0.3, 0.4) is 0 Å². The van der Waals surface area contributed by atoms with Crippen LogP contribution < -0.4 is 4.74 Å². The molecule has 0 N–H and O–H groups in total. The highest BCUT2D eigenvalue weighted by atomic mass is 35.5. The lowest BCUT2D eigenvalue weighted by Gasteiger charge is -1.99. The highest BCUT2D eigenvalue weighted by Crippen LogP contribution is 2.15. The summed E-state index contributed by atoms with van der Waals surface area (Å²) in [4.78, 5) is 0. The van der Waals surface area contributed by atoms with E-state index in [2.05, 4.69) is 12.2 Å². The molecule has 0 heterocycles. The van der Waals surface area contributed by atoms with Gasteiger partial charge in [0, 0.05) is 5.02 Å². The van der Waals surface area contributed by atoms with E-state index < -0.39 is 0 Å². The molecule has 2 heteroatoms. The van der Waals surface area contributed by atoms with Crippen molar-refractivity contribution in [3.05, 3.63) is 64.7 Å². The molecule has 0 radical (unpaired) electrons. The standard InChI is InChI=1S/C15H13ClO/c1-17-15-10-6-13(7-11-15)3-2-12-4-8-14(16)9-5-12/h2-11H,1H3. The van der Waals surface area contributed by atoms with E-state index in [4.69, 9.17) is 16.3 Å². The predicted molar refractivity (Wildman–Crippen MR) is 73.4 cm³/mol. The van der Waals surface area contributed by atoms with Crippen molar-refractivity contribution in [1.29, 1.82) is 0 Å². The zero-order valence-corrected chi connectivity index (χ0v) is 10.3. The second kappa shape index (κ2) is 5.55. The van der Waals surface area contributed by atoms with Gasteiger partial charge in [0.2, 0.25) is 0 Å². The van der Waals surface area contributed by atoms with Gasteiger partial charge in [0.15, 0.2) is 0 Å². The highest BCUT2D eigenvalue weighted by Gasteiger charge is 1.91. The van der Waals surface area contributed by atoms with Crippen LogP contribution in [0.25, 0.3) is 12.2 Å². The lowest BCUT2D eigenvalue weighted by molar-refractivity contribution is 0.415.